The Balaban J connectivity index is 2.48. The number of fused-ring (bicyclic) bond motifs is 2. The Labute approximate surface area is 112 Å². The normalized spacial score (nSPS) is 10.8. The highest BCUT2D eigenvalue weighted by molar-refractivity contribution is 5.95. The van der Waals surface area contributed by atoms with Gasteiger partial charge < -0.3 is 9.72 Å². The number of nitro benzene ring substituents is 1. The summed E-state index contributed by atoms with van der Waals surface area (Å²) in [6.07, 6.45) is 0. The minimum absolute atomic E-state index is 0.0672. The molecule has 0 aliphatic carbocycles. The molecule has 6 heteroatoms. The molecule has 1 heterocycles. The van der Waals surface area contributed by atoms with E-state index in [1.807, 2.05) is 0 Å². The standard InChI is InChI=1S/C14H10N2O4/c1-20-12-4-2-3-10-13(12)15-11-7-8(16(18)19)5-6-9(11)14(10)17/h2-7H,1H3,(H,15,17). The Morgan fingerprint density at radius 2 is 2.00 bits per heavy atom. The van der Waals surface area contributed by atoms with Crippen molar-refractivity contribution < 1.29 is 9.66 Å². The Kier molecular flexibility index (Phi) is 2.64. The van der Waals surface area contributed by atoms with Gasteiger partial charge in [-0.3, -0.25) is 14.9 Å². The first-order valence-electron chi connectivity index (χ1n) is 5.89. The van der Waals surface area contributed by atoms with E-state index in [2.05, 4.69) is 4.98 Å². The number of nitrogens with zero attached hydrogens (tertiary/aromatic N) is 1. The van der Waals surface area contributed by atoms with Crippen LogP contribution in [0.5, 0.6) is 5.75 Å². The Morgan fingerprint density at radius 3 is 2.70 bits per heavy atom. The molecule has 0 saturated heterocycles. The molecule has 0 amide bonds. The predicted molar refractivity (Wildman–Crippen MR) is 75.3 cm³/mol. The maximum absolute atomic E-state index is 12.4. The van der Waals surface area contributed by atoms with E-state index in [-0.39, 0.29) is 11.1 Å². The molecule has 1 aromatic heterocycles. The molecule has 6 nitrogen and oxygen atoms in total. The number of para-hydroxylation sites is 1. The lowest BCUT2D eigenvalue weighted by Crippen LogP contribution is -2.05. The minimum Gasteiger partial charge on any atom is -0.495 e. The number of aromatic nitrogens is 1. The molecule has 0 spiro atoms. The van der Waals surface area contributed by atoms with E-state index < -0.39 is 4.92 Å². The SMILES string of the molecule is COc1cccc2c(=O)c3ccc([N+](=O)[O-])cc3[nH]c12. The van der Waals surface area contributed by atoms with Crippen LogP contribution < -0.4 is 10.2 Å². The van der Waals surface area contributed by atoms with Crippen molar-refractivity contribution in [2.45, 2.75) is 0 Å². The van der Waals surface area contributed by atoms with E-state index in [0.29, 0.717) is 27.6 Å². The number of rotatable bonds is 2. The summed E-state index contributed by atoms with van der Waals surface area (Å²) in [6.45, 7) is 0. The van der Waals surface area contributed by atoms with Crippen molar-refractivity contribution >= 4 is 27.5 Å². The summed E-state index contributed by atoms with van der Waals surface area (Å²) in [4.78, 5) is 25.7. The molecule has 0 unspecified atom stereocenters. The number of nitrogens with one attached hydrogen (secondary N) is 1. The van der Waals surface area contributed by atoms with Crippen LogP contribution in [0.2, 0.25) is 0 Å². The van der Waals surface area contributed by atoms with Gasteiger partial charge in [-0.05, 0) is 18.2 Å². The van der Waals surface area contributed by atoms with Crippen molar-refractivity contribution in [2.75, 3.05) is 7.11 Å². The maximum Gasteiger partial charge on any atom is 0.271 e. The molecule has 2 aromatic carbocycles. The highest BCUT2D eigenvalue weighted by atomic mass is 16.6. The fourth-order valence-corrected chi connectivity index (χ4v) is 2.25. The molecule has 0 atom stereocenters. The molecule has 1 N–H and O–H groups in total. The lowest BCUT2D eigenvalue weighted by Gasteiger charge is -2.06. The molecular formula is C14H10N2O4. The van der Waals surface area contributed by atoms with E-state index >= 15 is 0 Å². The van der Waals surface area contributed by atoms with Crippen molar-refractivity contribution in [2.24, 2.45) is 0 Å². The van der Waals surface area contributed by atoms with Crippen molar-refractivity contribution in [1.29, 1.82) is 0 Å². The lowest BCUT2D eigenvalue weighted by atomic mass is 10.1. The average Bonchev–Trinajstić information content (AvgIpc) is 2.46. The number of ether oxygens (including phenoxy) is 1. The summed E-state index contributed by atoms with van der Waals surface area (Å²) in [5.41, 5.74) is 0.708. The number of pyridine rings is 1. The highest BCUT2D eigenvalue weighted by Crippen LogP contribution is 2.25. The molecule has 20 heavy (non-hydrogen) atoms. The van der Waals surface area contributed by atoms with Crippen molar-refractivity contribution in [3.8, 4) is 5.75 Å². The van der Waals surface area contributed by atoms with Gasteiger partial charge in [0.15, 0.2) is 5.43 Å². The van der Waals surface area contributed by atoms with Crippen LogP contribution >= 0.6 is 0 Å². The number of benzene rings is 2. The van der Waals surface area contributed by atoms with E-state index in [0.717, 1.165) is 0 Å². The predicted octanol–water partition coefficient (Wildman–Crippen LogP) is 2.60. The second kappa shape index (κ2) is 4.34. The van der Waals surface area contributed by atoms with Gasteiger partial charge in [0, 0.05) is 22.9 Å². The summed E-state index contributed by atoms with van der Waals surface area (Å²) in [7, 11) is 1.50. The number of non-ortho nitro benzene ring substituents is 1. The molecule has 0 saturated carbocycles. The minimum atomic E-state index is -0.496. The Hall–Kier alpha value is -2.89. The monoisotopic (exact) mass is 270 g/mol. The zero-order valence-electron chi connectivity index (χ0n) is 10.5. The summed E-state index contributed by atoms with van der Waals surface area (Å²) >= 11 is 0. The molecule has 0 aliphatic rings. The van der Waals surface area contributed by atoms with E-state index in [4.69, 9.17) is 4.74 Å². The number of nitro groups is 1. The summed E-state index contributed by atoms with van der Waals surface area (Å²) in [5, 5.41) is 11.7. The largest absolute Gasteiger partial charge is 0.495 e. The third-order valence-corrected chi connectivity index (χ3v) is 3.21. The van der Waals surface area contributed by atoms with Gasteiger partial charge in [-0.25, -0.2) is 0 Å². The van der Waals surface area contributed by atoms with Crippen LogP contribution in [-0.4, -0.2) is 17.0 Å². The molecule has 100 valence electrons. The first-order chi connectivity index (χ1) is 9.61. The molecule has 0 radical (unpaired) electrons. The van der Waals surface area contributed by atoms with Crippen LogP contribution in [0, 0.1) is 10.1 Å². The lowest BCUT2D eigenvalue weighted by molar-refractivity contribution is -0.384. The topological polar surface area (TPSA) is 85.2 Å². The number of methoxy groups -OCH3 is 1. The quantitative estimate of drug-likeness (QED) is 0.440. The molecule has 3 aromatic rings. The Bertz CT molecular complexity index is 899. The number of hydrogen-bond acceptors (Lipinski definition) is 4. The van der Waals surface area contributed by atoms with Gasteiger partial charge in [0.1, 0.15) is 5.75 Å². The van der Waals surface area contributed by atoms with E-state index in [9.17, 15) is 14.9 Å². The van der Waals surface area contributed by atoms with Crippen molar-refractivity contribution in [3.63, 3.8) is 0 Å². The van der Waals surface area contributed by atoms with E-state index in [1.54, 1.807) is 18.2 Å². The van der Waals surface area contributed by atoms with Gasteiger partial charge in [-0.1, -0.05) is 6.07 Å². The Morgan fingerprint density at radius 1 is 1.20 bits per heavy atom. The van der Waals surface area contributed by atoms with Gasteiger partial charge in [0.05, 0.1) is 23.1 Å². The van der Waals surface area contributed by atoms with Crippen LogP contribution in [0.1, 0.15) is 0 Å². The molecular weight excluding hydrogens is 260 g/mol. The van der Waals surface area contributed by atoms with Crippen LogP contribution in [0.25, 0.3) is 21.8 Å². The fraction of sp³-hybridized carbons (Fsp3) is 0.0714. The summed E-state index contributed by atoms with van der Waals surface area (Å²) < 4.78 is 5.21. The molecule has 0 bridgehead atoms. The first kappa shape index (κ1) is 12.2. The maximum atomic E-state index is 12.4. The number of aromatic amines is 1. The van der Waals surface area contributed by atoms with Crippen LogP contribution in [-0.2, 0) is 0 Å². The third kappa shape index (κ3) is 1.70. The number of hydrogen-bond donors (Lipinski definition) is 1. The van der Waals surface area contributed by atoms with Crippen LogP contribution in [0.15, 0.2) is 41.2 Å². The highest BCUT2D eigenvalue weighted by Gasteiger charge is 2.12. The smallest absolute Gasteiger partial charge is 0.271 e. The fourth-order valence-electron chi connectivity index (χ4n) is 2.25. The molecule has 0 fully saturated rings. The average molecular weight is 270 g/mol. The van der Waals surface area contributed by atoms with Gasteiger partial charge >= 0.3 is 0 Å². The van der Waals surface area contributed by atoms with Crippen molar-refractivity contribution in [1.82, 2.24) is 4.98 Å². The second-order valence-corrected chi connectivity index (χ2v) is 4.32. The van der Waals surface area contributed by atoms with E-state index in [1.165, 1.54) is 25.3 Å². The van der Waals surface area contributed by atoms with Gasteiger partial charge in [0.2, 0.25) is 0 Å². The van der Waals surface area contributed by atoms with Gasteiger partial charge in [0.25, 0.3) is 5.69 Å². The number of H-pyrrole nitrogens is 1. The van der Waals surface area contributed by atoms with Gasteiger partial charge in [-0.2, -0.15) is 0 Å². The van der Waals surface area contributed by atoms with Crippen molar-refractivity contribution in [3.05, 3.63) is 56.7 Å². The van der Waals surface area contributed by atoms with Crippen LogP contribution in [0.3, 0.4) is 0 Å². The summed E-state index contributed by atoms with van der Waals surface area (Å²) in [5.74, 6) is 0.521. The molecule has 3 rings (SSSR count). The first-order valence-corrected chi connectivity index (χ1v) is 5.89. The third-order valence-electron chi connectivity index (χ3n) is 3.21. The van der Waals surface area contributed by atoms with Gasteiger partial charge in [-0.15, -0.1) is 0 Å². The summed E-state index contributed by atoms with van der Waals surface area (Å²) in [6, 6.07) is 9.28. The molecule has 0 aliphatic heterocycles. The second-order valence-electron chi connectivity index (χ2n) is 4.32. The van der Waals surface area contributed by atoms with Crippen LogP contribution in [0.4, 0.5) is 5.69 Å². The zero-order valence-corrected chi connectivity index (χ0v) is 10.5. The zero-order chi connectivity index (χ0) is 14.3.